The molecule has 0 radical (unpaired) electrons. The molecule has 1 nitrogen and oxygen atoms in total. The van der Waals surface area contributed by atoms with Gasteiger partial charge in [0, 0.05) is 11.3 Å². The molecule has 0 aliphatic carbocycles. The van der Waals surface area contributed by atoms with Gasteiger partial charge >= 0.3 is 0 Å². The van der Waals surface area contributed by atoms with E-state index in [0.717, 1.165) is 19.4 Å². The zero-order chi connectivity index (χ0) is 11.5. The van der Waals surface area contributed by atoms with Crippen molar-refractivity contribution in [2.45, 2.75) is 38.2 Å². The Labute approximate surface area is 103 Å². The van der Waals surface area contributed by atoms with Gasteiger partial charge < -0.3 is 4.74 Å². The van der Waals surface area contributed by atoms with Gasteiger partial charge in [-0.05, 0) is 32.3 Å². The minimum absolute atomic E-state index is 0.202. The van der Waals surface area contributed by atoms with Gasteiger partial charge in [-0.1, -0.05) is 29.8 Å². The lowest BCUT2D eigenvalue weighted by atomic mass is 9.96. The predicted molar refractivity (Wildman–Crippen MR) is 68.0 cm³/mol. The Hall–Kier alpha value is -0.530. The number of hydrogen-bond acceptors (Lipinski definition) is 1. The molecule has 0 bridgehead atoms. The van der Waals surface area contributed by atoms with Gasteiger partial charge in [0.25, 0.3) is 0 Å². The summed E-state index contributed by atoms with van der Waals surface area (Å²) >= 11 is 6.45. The summed E-state index contributed by atoms with van der Waals surface area (Å²) in [5.41, 5.74) is 2.62. The number of ether oxygens (including phenoxy) is 1. The summed E-state index contributed by atoms with van der Waals surface area (Å²) in [5.74, 6) is 0.512. The Morgan fingerprint density at radius 1 is 1.38 bits per heavy atom. The first kappa shape index (κ1) is 11.9. The molecule has 1 aromatic rings. The largest absolute Gasteiger partial charge is 0.378 e. The molecule has 1 aliphatic heterocycles. The van der Waals surface area contributed by atoms with E-state index in [1.165, 1.54) is 11.1 Å². The SMILES string of the molecule is Cc1ccc(CC(Cl)C2COC(C)C2)cc1. The van der Waals surface area contributed by atoms with Crippen molar-refractivity contribution in [3.63, 3.8) is 0 Å². The van der Waals surface area contributed by atoms with Crippen molar-refractivity contribution in [2.24, 2.45) is 5.92 Å². The molecule has 16 heavy (non-hydrogen) atoms. The van der Waals surface area contributed by atoms with Gasteiger partial charge in [-0.3, -0.25) is 0 Å². The molecule has 0 aromatic heterocycles. The first-order valence-corrected chi connectivity index (χ1v) is 6.40. The van der Waals surface area contributed by atoms with Crippen molar-refractivity contribution in [1.82, 2.24) is 0 Å². The van der Waals surface area contributed by atoms with Crippen LogP contribution in [-0.2, 0) is 11.2 Å². The molecule has 0 spiro atoms. The highest BCUT2D eigenvalue weighted by molar-refractivity contribution is 6.20. The van der Waals surface area contributed by atoms with Crippen molar-refractivity contribution < 1.29 is 4.74 Å². The summed E-state index contributed by atoms with van der Waals surface area (Å²) in [6.07, 6.45) is 2.42. The van der Waals surface area contributed by atoms with Gasteiger partial charge in [0.1, 0.15) is 0 Å². The fourth-order valence-corrected chi connectivity index (χ4v) is 2.57. The van der Waals surface area contributed by atoms with Crippen LogP contribution >= 0.6 is 11.6 Å². The quantitative estimate of drug-likeness (QED) is 0.732. The monoisotopic (exact) mass is 238 g/mol. The second-order valence-corrected chi connectivity index (χ2v) is 5.41. The lowest BCUT2D eigenvalue weighted by Crippen LogP contribution is -2.17. The van der Waals surface area contributed by atoms with E-state index in [2.05, 4.69) is 38.1 Å². The van der Waals surface area contributed by atoms with Gasteiger partial charge in [-0.15, -0.1) is 11.6 Å². The molecule has 1 aromatic carbocycles. The number of halogens is 1. The van der Waals surface area contributed by atoms with E-state index >= 15 is 0 Å². The highest BCUT2D eigenvalue weighted by Crippen LogP contribution is 2.27. The van der Waals surface area contributed by atoms with Crippen molar-refractivity contribution in [1.29, 1.82) is 0 Å². The minimum atomic E-state index is 0.202. The first-order chi connectivity index (χ1) is 7.65. The number of rotatable bonds is 3. The van der Waals surface area contributed by atoms with Gasteiger partial charge in [-0.25, -0.2) is 0 Å². The highest BCUT2D eigenvalue weighted by Gasteiger charge is 2.28. The second kappa shape index (κ2) is 5.20. The topological polar surface area (TPSA) is 9.23 Å². The summed E-state index contributed by atoms with van der Waals surface area (Å²) in [4.78, 5) is 0. The van der Waals surface area contributed by atoms with Crippen molar-refractivity contribution >= 4 is 11.6 Å². The molecular weight excluding hydrogens is 220 g/mol. The van der Waals surface area contributed by atoms with Crippen molar-refractivity contribution in [3.05, 3.63) is 35.4 Å². The van der Waals surface area contributed by atoms with Crippen LogP contribution in [0.4, 0.5) is 0 Å². The lowest BCUT2D eigenvalue weighted by molar-refractivity contribution is 0.120. The molecule has 1 aliphatic rings. The van der Waals surface area contributed by atoms with Crippen LogP contribution in [0.3, 0.4) is 0 Å². The maximum absolute atomic E-state index is 6.45. The Morgan fingerprint density at radius 3 is 2.62 bits per heavy atom. The molecule has 3 unspecified atom stereocenters. The zero-order valence-electron chi connectivity index (χ0n) is 9.95. The number of hydrogen-bond donors (Lipinski definition) is 0. The van der Waals surface area contributed by atoms with Crippen molar-refractivity contribution in [3.8, 4) is 0 Å². The van der Waals surface area contributed by atoms with Crippen molar-refractivity contribution in [2.75, 3.05) is 6.61 Å². The molecule has 2 rings (SSSR count). The maximum Gasteiger partial charge on any atom is 0.0551 e. The summed E-state index contributed by atoms with van der Waals surface area (Å²) in [6, 6.07) is 8.63. The van der Waals surface area contributed by atoms with Crippen LogP contribution < -0.4 is 0 Å². The smallest absolute Gasteiger partial charge is 0.0551 e. The van der Waals surface area contributed by atoms with Crippen LogP contribution in [0.15, 0.2) is 24.3 Å². The average Bonchev–Trinajstić information content (AvgIpc) is 2.68. The van der Waals surface area contributed by atoms with Gasteiger partial charge in [0.2, 0.25) is 0 Å². The molecular formula is C14H19ClO. The molecule has 0 amide bonds. The molecule has 3 atom stereocenters. The summed E-state index contributed by atoms with van der Waals surface area (Å²) in [7, 11) is 0. The summed E-state index contributed by atoms with van der Waals surface area (Å²) < 4.78 is 5.56. The van der Waals surface area contributed by atoms with Gasteiger partial charge in [0.15, 0.2) is 0 Å². The second-order valence-electron chi connectivity index (χ2n) is 4.85. The molecule has 0 N–H and O–H groups in total. The number of benzene rings is 1. The molecule has 1 heterocycles. The third-order valence-electron chi connectivity index (χ3n) is 3.29. The van der Waals surface area contributed by atoms with E-state index < -0.39 is 0 Å². The maximum atomic E-state index is 6.45. The number of alkyl halides is 1. The minimum Gasteiger partial charge on any atom is -0.378 e. The molecule has 2 heteroatoms. The van der Waals surface area contributed by atoms with E-state index in [-0.39, 0.29) is 5.38 Å². The Kier molecular flexibility index (Phi) is 3.88. The normalized spacial score (nSPS) is 26.9. The van der Waals surface area contributed by atoms with Crippen LogP contribution in [-0.4, -0.2) is 18.1 Å². The lowest BCUT2D eigenvalue weighted by Gasteiger charge is -2.15. The van der Waals surface area contributed by atoms with Crippen LogP contribution in [0, 0.1) is 12.8 Å². The van der Waals surface area contributed by atoms with Crippen LogP contribution in [0.25, 0.3) is 0 Å². The zero-order valence-corrected chi connectivity index (χ0v) is 10.7. The van der Waals surface area contributed by atoms with E-state index in [1.807, 2.05) is 0 Å². The van der Waals surface area contributed by atoms with E-state index in [4.69, 9.17) is 16.3 Å². The predicted octanol–water partition coefficient (Wildman–Crippen LogP) is 3.57. The third kappa shape index (κ3) is 2.99. The fraction of sp³-hybridized carbons (Fsp3) is 0.571. The molecule has 1 saturated heterocycles. The number of aryl methyl sites for hydroxylation is 1. The van der Waals surface area contributed by atoms with E-state index in [9.17, 15) is 0 Å². The Balaban J connectivity index is 1.91. The molecule has 1 fully saturated rings. The standard InChI is InChI=1S/C14H19ClO/c1-10-3-5-12(6-4-10)8-14(15)13-7-11(2)16-9-13/h3-6,11,13-14H,7-9H2,1-2H3. The van der Waals surface area contributed by atoms with Crippen LogP contribution in [0.1, 0.15) is 24.5 Å². The summed E-state index contributed by atoms with van der Waals surface area (Å²) in [5, 5.41) is 0.202. The Bertz CT molecular complexity index is 333. The van der Waals surface area contributed by atoms with Crippen LogP contribution in [0.2, 0.25) is 0 Å². The van der Waals surface area contributed by atoms with Gasteiger partial charge in [-0.2, -0.15) is 0 Å². The average molecular weight is 239 g/mol. The molecule has 0 saturated carbocycles. The van der Waals surface area contributed by atoms with E-state index in [0.29, 0.717) is 12.0 Å². The molecule has 88 valence electrons. The van der Waals surface area contributed by atoms with E-state index in [1.54, 1.807) is 0 Å². The summed E-state index contributed by atoms with van der Waals surface area (Å²) in [6.45, 7) is 5.05. The van der Waals surface area contributed by atoms with Crippen LogP contribution in [0.5, 0.6) is 0 Å². The highest BCUT2D eigenvalue weighted by atomic mass is 35.5. The Morgan fingerprint density at radius 2 is 2.06 bits per heavy atom. The fourth-order valence-electron chi connectivity index (χ4n) is 2.22. The van der Waals surface area contributed by atoms with Gasteiger partial charge in [0.05, 0.1) is 12.7 Å². The first-order valence-electron chi connectivity index (χ1n) is 5.96. The third-order valence-corrected chi connectivity index (χ3v) is 3.80.